The summed E-state index contributed by atoms with van der Waals surface area (Å²) in [4.78, 5) is 8.76. The Kier molecular flexibility index (Phi) is 2.35. The Morgan fingerprint density at radius 1 is 1.03 bits per heavy atom. The molecule has 3 heterocycles. The molecule has 3 heteroatoms. The maximum Gasteiger partial charge on any atom is 0.228 e. The minimum absolute atomic E-state index is 0.0442. The van der Waals surface area contributed by atoms with Crippen LogP contribution in [0.1, 0.15) is 54.1 Å². The highest BCUT2D eigenvalue weighted by Gasteiger charge is 2.22. The van der Waals surface area contributed by atoms with E-state index in [0.29, 0.717) is 44.1 Å². The van der Waals surface area contributed by atoms with Gasteiger partial charge < -0.3 is 4.42 Å². The highest BCUT2D eigenvalue weighted by molar-refractivity contribution is 6.25. The van der Waals surface area contributed by atoms with Crippen LogP contribution in [-0.4, -0.2) is 9.97 Å². The van der Waals surface area contributed by atoms with E-state index in [1.807, 2.05) is 20.8 Å². The smallest absolute Gasteiger partial charge is 0.228 e. The summed E-state index contributed by atoms with van der Waals surface area (Å²) in [5.41, 5.74) is 1.65. The third-order valence-corrected chi connectivity index (χ3v) is 5.20. The molecule has 5 rings (SSSR count). The number of hydrogen-bond acceptors (Lipinski definition) is 3. The van der Waals surface area contributed by atoms with Gasteiger partial charge in [-0.15, -0.1) is 0 Å². The van der Waals surface area contributed by atoms with Crippen molar-refractivity contribution in [2.24, 2.45) is 5.41 Å². The first-order chi connectivity index (χ1) is 16.9. The Hall–Kier alpha value is -2.94. The highest BCUT2D eigenvalue weighted by Crippen LogP contribution is 2.43. The third-order valence-electron chi connectivity index (χ3n) is 5.20. The van der Waals surface area contributed by atoms with Gasteiger partial charge in [0.25, 0.3) is 0 Å². The van der Waals surface area contributed by atoms with Crippen LogP contribution in [0.5, 0.6) is 0 Å². The van der Waals surface area contributed by atoms with Crippen LogP contribution in [0, 0.1) is 26.0 Å². The SMILES string of the molecule is [2H]C([2H])([2H])c1cc2c(C([2H])([2H])[2H])c(C)c3ccc(-c4cc(C([2H])([2H])C(C)(C)C)ccn4)c4oc(n1)c2c34. The van der Waals surface area contributed by atoms with E-state index in [9.17, 15) is 0 Å². The maximum atomic E-state index is 8.68. The molecule has 0 radical (unpaired) electrons. The summed E-state index contributed by atoms with van der Waals surface area (Å²) >= 11 is 0. The van der Waals surface area contributed by atoms with Gasteiger partial charge in [-0.05, 0) is 84.1 Å². The molecule has 0 aliphatic rings. The largest absolute Gasteiger partial charge is 0.437 e. The lowest BCUT2D eigenvalue weighted by Crippen LogP contribution is -2.09. The lowest BCUT2D eigenvalue weighted by Gasteiger charge is -2.18. The zero-order valence-electron chi connectivity index (χ0n) is 24.8. The molecule has 5 aromatic rings. The van der Waals surface area contributed by atoms with Crippen molar-refractivity contribution in [1.29, 1.82) is 0 Å². The van der Waals surface area contributed by atoms with E-state index in [4.69, 9.17) is 15.4 Å². The van der Waals surface area contributed by atoms with Crippen LogP contribution in [0.3, 0.4) is 0 Å². The monoisotopic (exact) mass is 390 g/mol. The van der Waals surface area contributed by atoms with Crippen molar-refractivity contribution in [1.82, 2.24) is 9.97 Å². The number of benzene rings is 2. The quantitative estimate of drug-likeness (QED) is 0.300. The number of aryl methyl sites for hydroxylation is 3. The average molecular weight is 391 g/mol. The second-order valence-electron chi connectivity index (χ2n) is 8.51. The number of hydrogen-bond donors (Lipinski definition) is 0. The van der Waals surface area contributed by atoms with Gasteiger partial charge in [-0.25, -0.2) is 4.98 Å². The molecule has 0 unspecified atom stereocenters. The second-order valence-corrected chi connectivity index (χ2v) is 8.51. The molecule has 146 valence electrons. The number of rotatable bonds is 2. The van der Waals surface area contributed by atoms with Gasteiger partial charge in [0.2, 0.25) is 5.71 Å². The zero-order chi connectivity index (χ0) is 27.3. The summed E-state index contributed by atoms with van der Waals surface area (Å²) in [5, 5.41) is 2.05. The Balaban J connectivity index is 1.89. The molecule has 0 bridgehead atoms. The topological polar surface area (TPSA) is 38.9 Å². The van der Waals surface area contributed by atoms with Crippen molar-refractivity contribution in [2.45, 2.75) is 47.8 Å². The van der Waals surface area contributed by atoms with Crippen molar-refractivity contribution < 1.29 is 15.4 Å². The second kappa shape index (κ2) is 6.03. The molecule has 0 atom stereocenters. The number of furan rings is 1. The van der Waals surface area contributed by atoms with E-state index in [2.05, 4.69) is 9.97 Å². The molecule has 0 saturated carbocycles. The molecule has 0 saturated heterocycles. The number of pyridine rings is 2. The molecule has 0 spiro atoms. The molecule has 3 nitrogen and oxygen atoms in total. The molecule has 0 amide bonds. The summed E-state index contributed by atoms with van der Waals surface area (Å²) in [7, 11) is 0. The average Bonchev–Trinajstić information content (AvgIpc) is 3.15. The number of aromatic nitrogens is 2. The molecular formula is C26H26N2O. The van der Waals surface area contributed by atoms with E-state index in [1.54, 1.807) is 37.4 Å². The van der Waals surface area contributed by atoms with Crippen LogP contribution in [0.2, 0.25) is 0 Å². The summed E-state index contributed by atoms with van der Waals surface area (Å²) < 4.78 is 71.7. The Morgan fingerprint density at radius 3 is 2.66 bits per heavy atom. The predicted molar refractivity (Wildman–Crippen MR) is 121 cm³/mol. The maximum absolute atomic E-state index is 8.68. The number of nitrogens with zero attached hydrogens (tertiary/aromatic N) is 2. The van der Waals surface area contributed by atoms with Crippen LogP contribution >= 0.6 is 0 Å². The van der Waals surface area contributed by atoms with Gasteiger partial charge in [-0.2, -0.15) is 0 Å². The minimum atomic E-state index is -2.56. The van der Waals surface area contributed by atoms with Crippen molar-refractivity contribution in [3.63, 3.8) is 0 Å². The standard InChI is InChI=1S/C26H26N2O/c1-14-11-20-16(3)15(2)18-7-8-19(24-22(18)23(20)25(28-14)29-24)21-12-17(9-10-27-21)13-26(4,5)6/h7-12H,13H2,1-6H3/i1D3,3D3,13D2. The van der Waals surface area contributed by atoms with Crippen LogP contribution < -0.4 is 0 Å². The molecule has 0 N–H and O–H groups in total. The van der Waals surface area contributed by atoms with E-state index in [-0.39, 0.29) is 22.4 Å². The molecule has 2 aromatic carbocycles. The molecule has 0 aliphatic heterocycles. The van der Waals surface area contributed by atoms with Gasteiger partial charge in [0.15, 0.2) is 0 Å². The molecule has 29 heavy (non-hydrogen) atoms. The van der Waals surface area contributed by atoms with Crippen LogP contribution in [0.15, 0.2) is 40.9 Å². The van der Waals surface area contributed by atoms with Crippen LogP contribution in [0.25, 0.3) is 44.1 Å². The van der Waals surface area contributed by atoms with Gasteiger partial charge in [-0.1, -0.05) is 26.8 Å². The third kappa shape index (κ3) is 2.79. The Labute approximate surface area is 182 Å². The lowest BCUT2D eigenvalue weighted by atomic mass is 9.88. The Bertz CT molecular complexity index is 1670. The van der Waals surface area contributed by atoms with Gasteiger partial charge in [0, 0.05) is 33.8 Å². The molecule has 3 aromatic heterocycles. The first-order valence-corrected chi connectivity index (χ1v) is 9.52. The van der Waals surface area contributed by atoms with Crippen molar-refractivity contribution in [3.8, 4) is 11.3 Å². The molecule has 0 fully saturated rings. The van der Waals surface area contributed by atoms with Gasteiger partial charge in [0.05, 0.1) is 11.1 Å². The molecule has 0 aliphatic carbocycles. The lowest BCUT2D eigenvalue weighted by molar-refractivity contribution is 0.411. The van der Waals surface area contributed by atoms with E-state index >= 15 is 0 Å². The van der Waals surface area contributed by atoms with E-state index in [0.717, 1.165) is 0 Å². The fourth-order valence-electron chi connectivity index (χ4n) is 4.01. The van der Waals surface area contributed by atoms with E-state index in [1.165, 1.54) is 6.07 Å². The Morgan fingerprint density at radius 2 is 1.90 bits per heavy atom. The van der Waals surface area contributed by atoms with Gasteiger partial charge >= 0.3 is 0 Å². The summed E-state index contributed by atoms with van der Waals surface area (Å²) in [6, 6.07) is 8.26. The van der Waals surface area contributed by atoms with Crippen LogP contribution in [0.4, 0.5) is 0 Å². The molecular weight excluding hydrogens is 356 g/mol. The zero-order valence-corrected chi connectivity index (χ0v) is 16.8. The first kappa shape index (κ1) is 11.3. The van der Waals surface area contributed by atoms with Crippen molar-refractivity contribution in [3.05, 3.63) is 58.9 Å². The summed E-state index contributed by atoms with van der Waals surface area (Å²) in [6.07, 6.45) is -0.0862. The van der Waals surface area contributed by atoms with Crippen molar-refractivity contribution >= 4 is 32.8 Å². The van der Waals surface area contributed by atoms with Gasteiger partial charge in [0.1, 0.15) is 5.58 Å². The van der Waals surface area contributed by atoms with Crippen LogP contribution in [-0.2, 0) is 6.37 Å². The predicted octanol–water partition coefficient (Wildman–Crippen LogP) is 7.15. The fraction of sp³-hybridized carbons (Fsp3) is 0.308. The first-order valence-electron chi connectivity index (χ1n) is 13.5. The normalized spacial score (nSPS) is 18.1. The van der Waals surface area contributed by atoms with Gasteiger partial charge in [-0.3, -0.25) is 4.98 Å². The highest BCUT2D eigenvalue weighted by atomic mass is 16.3. The minimum Gasteiger partial charge on any atom is -0.437 e. The van der Waals surface area contributed by atoms with Crippen molar-refractivity contribution in [2.75, 3.05) is 0 Å². The summed E-state index contributed by atoms with van der Waals surface area (Å²) in [6.45, 7) is 2.16. The van der Waals surface area contributed by atoms with E-state index < -0.39 is 25.5 Å². The summed E-state index contributed by atoms with van der Waals surface area (Å²) in [5.74, 6) is 0. The fourth-order valence-corrected chi connectivity index (χ4v) is 4.01.